The van der Waals surface area contributed by atoms with E-state index < -0.39 is 5.97 Å². The Morgan fingerprint density at radius 2 is 1.86 bits per heavy atom. The van der Waals surface area contributed by atoms with Gasteiger partial charge in [-0.25, -0.2) is 9.78 Å². The number of hydrogen-bond donors (Lipinski definition) is 2. The third-order valence-electron chi connectivity index (χ3n) is 4.70. The number of nitrogens with one attached hydrogen (secondary N) is 1. The van der Waals surface area contributed by atoms with Gasteiger partial charge in [0, 0.05) is 12.0 Å². The maximum absolute atomic E-state index is 12.3. The van der Waals surface area contributed by atoms with Gasteiger partial charge in [0.05, 0.1) is 5.69 Å². The molecule has 112 valence electrons. The Morgan fingerprint density at radius 1 is 1.24 bits per heavy atom. The molecule has 5 nitrogen and oxygen atoms in total. The van der Waals surface area contributed by atoms with E-state index in [1.165, 1.54) is 6.08 Å². The summed E-state index contributed by atoms with van der Waals surface area (Å²) in [7, 11) is 0. The molecule has 5 heteroatoms. The fourth-order valence-electron chi connectivity index (χ4n) is 2.82. The van der Waals surface area contributed by atoms with E-state index in [0.29, 0.717) is 11.5 Å². The number of carboxylic acid groups (broad SMARTS) is 1. The monoisotopic (exact) mass is 288 g/mol. The molecule has 0 atom stereocenters. The number of carboxylic acids is 1. The summed E-state index contributed by atoms with van der Waals surface area (Å²) >= 11 is 0. The van der Waals surface area contributed by atoms with E-state index in [0.717, 1.165) is 6.08 Å². The van der Waals surface area contributed by atoms with Crippen LogP contribution in [0.3, 0.4) is 0 Å². The molecule has 1 saturated carbocycles. The molecule has 0 aliphatic heterocycles. The van der Waals surface area contributed by atoms with Crippen molar-refractivity contribution in [3.8, 4) is 0 Å². The highest BCUT2D eigenvalue weighted by Crippen LogP contribution is 2.68. The SMILES string of the molecule is CC1(C)C(C(=O)Nc2cccc(C=CC(=O)O)n2)C1(C)C. The second kappa shape index (κ2) is 4.98. The summed E-state index contributed by atoms with van der Waals surface area (Å²) < 4.78 is 0. The Balaban J connectivity index is 2.09. The number of hydrogen-bond acceptors (Lipinski definition) is 3. The van der Waals surface area contributed by atoms with Gasteiger partial charge in [-0.05, 0) is 29.0 Å². The maximum Gasteiger partial charge on any atom is 0.328 e. The lowest BCUT2D eigenvalue weighted by Gasteiger charge is -2.06. The van der Waals surface area contributed by atoms with Crippen molar-refractivity contribution in [2.45, 2.75) is 27.7 Å². The summed E-state index contributed by atoms with van der Waals surface area (Å²) in [6.07, 6.45) is 2.41. The number of aliphatic carboxylic acids is 1. The van der Waals surface area contributed by atoms with Crippen molar-refractivity contribution in [1.82, 2.24) is 4.98 Å². The van der Waals surface area contributed by atoms with Crippen molar-refractivity contribution in [3.63, 3.8) is 0 Å². The quantitative estimate of drug-likeness (QED) is 0.835. The average molecular weight is 288 g/mol. The highest BCUT2D eigenvalue weighted by Gasteiger charge is 2.68. The number of amides is 1. The van der Waals surface area contributed by atoms with Crippen molar-refractivity contribution in [3.05, 3.63) is 30.0 Å². The van der Waals surface area contributed by atoms with Crippen LogP contribution in [0.5, 0.6) is 0 Å². The second-order valence-electron chi connectivity index (χ2n) is 6.48. The number of aromatic nitrogens is 1. The van der Waals surface area contributed by atoms with Gasteiger partial charge in [0.25, 0.3) is 0 Å². The van der Waals surface area contributed by atoms with Gasteiger partial charge in [0.15, 0.2) is 0 Å². The van der Waals surface area contributed by atoms with E-state index in [4.69, 9.17) is 5.11 Å². The second-order valence-corrected chi connectivity index (χ2v) is 6.48. The Bertz CT molecular complexity index is 604. The fourth-order valence-corrected chi connectivity index (χ4v) is 2.82. The van der Waals surface area contributed by atoms with Crippen molar-refractivity contribution < 1.29 is 14.7 Å². The van der Waals surface area contributed by atoms with Crippen molar-refractivity contribution in [2.24, 2.45) is 16.7 Å². The van der Waals surface area contributed by atoms with Gasteiger partial charge in [0.2, 0.25) is 5.91 Å². The molecular formula is C16H20N2O3. The van der Waals surface area contributed by atoms with Gasteiger partial charge < -0.3 is 10.4 Å². The Morgan fingerprint density at radius 3 is 2.38 bits per heavy atom. The predicted molar refractivity (Wildman–Crippen MR) is 80.6 cm³/mol. The zero-order valence-electron chi connectivity index (χ0n) is 12.7. The van der Waals surface area contributed by atoms with Crippen LogP contribution in [0, 0.1) is 16.7 Å². The molecule has 1 aromatic heterocycles. The molecule has 2 rings (SSSR count). The van der Waals surface area contributed by atoms with Crippen LogP contribution in [-0.2, 0) is 9.59 Å². The van der Waals surface area contributed by atoms with E-state index in [9.17, 15) is 9.59 Å². The van der Waals surface area contributed by atoms with Crippen molar-refractivity contribution in [1.29, 1.82) is 0 Å². The molecule has 1 fully saturated rings. The maximum atomic E-state index is 12.3. The van der Waals surface area contributed by atoms with Gasteiger partial charge in [-0.2, -0.15) is 0 Å². The zero-order chi connectivity index (χ0) is 15.8. The van der Waals surface area contributed by atoms with Crippen LogP contribution in [0.4, 0.5) is 5.82 Å². The van der Waals surface area contributed by atoms with Crippen LogP contribution < -0.4 is 5.32 Å². The van der Waals surface area contributed by atoms with E-state index in [-0.39, 0.29) is 22.7 Å². The standard InChI is InChI=1S/C16H20N2O3/c1-15(2)13(16(15,3)4)14(21)18-11-7-5-6-10(17-11)8-9-12(19)20/h5-9,13H,1-4H3,(H,19,20)(H,17,18,21). The van der Waals surface area contributed by atoms with Gasteiger partial charge >= 0.3 is 5.97 Å². The van der Waals surface area contributed by atoms with Crippen molar-refractivity contribution >= 4 is 23.8 Å². The number of nitrogens with zero attached hydrogens (tertiary/aromatic N) is 1. The third kappa shape index (κ3) is 2.82. The van der Waals surface area contributed by atoms with Crippen LogP contribution in [0.1, 0.15) is 33.4 Å². The van der Waals surface area contributed by atoms with Gasteiger partial charge in [-0.15, -0.1) is 0 Å². The minimum Gasteiger partial charge on any atom is -0.478 e. The Labute approximate surface area is 124 Å². The van der Waals surface area contributed by atoms with Crippen LogP contribution >= 0.6 is 0 Å². The third-order valence-corrected chi connectivity index (χ3v) is 4.70. The molecule has 1 aliphatic rings. The summed E-state index contributed by atoms with van der Waals surface area (Å²) in [5, 5.41) is 11.4. The molecule has 1 aliphatic carbocycles. The first kappa shape index (κ1) is 15.2. The first-order chi connectivity index (χ1) is 9.66. The van der Waals surface area contributed by atoms with E-state index in [1.54, 1.807) is 18.2 Å². The van der Waals surface area contributed by atoms with Gasteiger partial charge in [-0.1, -0.05) is 33.8 Å². The molecule has 0 saturated heterocycles. The zero-order valence-corrected chi connectivity index (χ0v) is 12.7. The molecule has 0 aromatic carbocycles. The van der Waals surface area contributed by atoms with Crippen LogP contribution in [-0.4, -0.2) is 22.0 Å². The molecule has 21 heavy (non-hydrogen) atoms. The summed E-state index contributed by atoms with van der Waals surface area (Å²) in [6.45, 7) is 8.32. The normalized spacial score (nSPS) is 19.4. The Hall–Kier alpha value is -2.17. The topological polar surface area (TPSA) is 79.3 Å². The number of carbonyl (C=O) groups is 2. The van der Waals surface area contributed by atoms with E-state index >= 15 is 0 Å². The molecule has 0 radical (unpaired) electrons. The van der Waals surface area contributed by atoms with E-state index in [1.807, 2.05) is 0 Å². The Kier molecular flexibility index (Phi) is 3.61. The van der Waals surface area contributed by atoms with Gasteiger partial charge in [-0.3, -0.25) is 4.79 Å². The summed E-state index contributed by atoms with van der Waals surface area (Å²) in [5.41, 5.74) is 0.431. The molecule has 0 unspecified atom stereocenters. The highest BCUT2D eigenvalue weighted by atomic mass is 16.4. The molecular weight excluding hydrogens is 268 g/mol. The molecule has 0 bridgehead atoms. The molecule has 1 heterocycles. The lowest BCUT2D eigenvalue weighted by Crippen LogP contribution is -2.18. The molecule has 1 aromatic rings. The lowest BCUT2D eigenvalue weighted by atomic mass is 10.0. The fraction of sp³-hybridized carbons (Fsp3) is 0.438. The number of pyridine rings is 1. The summed E-state index contributed by atoms with van der Waals surface area (Å²) in [5.74, 6) is -0.694. The molecule has 1 amide bonds. The first-order valence-electron chi connectivity index (χ1n) is 6.85. The first-order valence-corrected chi connectivity index (χ1v) is 6.85. The largest absolute Gasteiger partial charge is 0.478 e. The number of rotatable bonds is 4. The highest BCUT2D eigenvalue weighted by molar-refractivity contribution is 5.95. The smallest absolute Gasteiger partial charge is 0.328 e. The van der Waals surface area contributed by atoms with Crippen LogP contribution in [0.2, 0.25) is 0 Å². The van der Waals surface area contributed by atoms with E-state index in [2.05, 4.69) is 38.0 Å². The lowest BCUT2D eigenvalue weighted by molar-refractivity contribution is -0.131. The molecule has 2 N–H and O–H groups in total. The van der Waals surface area contributed by atoms with Gasteiger partial charge in [0.1, 0.15) is 5.82 Å². The minimum atomic E-state index is -1.03. The summed E-state index contributed by atoms with van der Waals surface area (Å²) in [6, 6.07) is 5.10. The summed E-state index contributed by atoms with van der Waals surface area (Å²) in [4.78, 5) is 27.0. The molecule has 0 spiro atoms. The predicted octanol–water partition coefficient (Wildman–Crippen LogP) is 2.80. The minimum absolute atomic E-state index is 0.0299. The average Bonchev–Trinajstić information content (AvgIpc) is 2.77. The van der Waals surface area contributed by atoms with Crippen LogP contribution in [0.15, 0.2) is 24.3 Å². The van der Waals surface area contributed by atoms with Crippen LogP contribution in [0.25, 0.3) is 6.08 Å². The van der Waals surface area contributed by atoms with Crippen molar-refractivity contribution in [2.75, 3.05) is 5.32 Å². The number of anilines is 1. The number of carbonyl (C=O) groups excluding carboxylic acids is 1.